The van der Waals surface area contributed by atoms with Gasteiger partial charge in [-0.3, -0.25) is 9.78 Å². The number of amides is 1. The fourth-order valence-corrected chi connectivity index (χ4v) is 4.21. The highest BCUT2D eigenvalue weighted by Gasteiger charge is 2.26. The van der Waals surface area contributed by atoms with Crippen LogP contribution in [0.3, 0.4) is 0 Å². The van der Waals surface area contributed by atoms with E-state index >= 15 is 0 Å². The molecule has 0 bridgehead atoms. The molecule has 1 aromatic heterocycles. The third-order valence-electron chi connectivity index (χ3n) is 6.01. The second-order valence-corrected chi connectivity index (χ2v) is 8.36. The number of aryl methyl sites for hydroxylation is 1. The molecule has 0 aliphatic carbocycles. The standard InChI is InChI=1S/C27H29FN2O3/c1-19-17-23(20-3-7-24(28)8-4-20)18-26(29-19)21-11-13-30(14-12-21)27(31)22-5-9-25(10-6-22)33-16-15-32-2/h3-10,17-18,21H,11-16H2,1-2H3. The Morgan fingerprint density at radius 2 is 1.70 bits per heavy atom. The lowest BCUT2D eigenvalue weighted by Crippen LogP contribution is -2.38. The van der Waals surface area contributed by atoms with E-state index in [4.69, 9.17) is 14.5 Å². The third-order valence-corrected chi connectivity index (χ3v) is 6.01. The van der Waals surface area contributed by atoms with Crippen LogP contribution in [0.5, 0.6) is 5.75 Å². The number of hydrogen-bond donors (Lipinski definition) is 0. The number of likely N-dealkylation sites (tertiary alicyclic amines) is 1. The molecule has 0 unspecified atom stereocenters. The van der Waals surface area contributed by atoms with Gasteiger partial charge in [0, 0.05) is 43.1 Å². The Labute approximate surface area is 194 Å². The molecule has 0 spiro atoms. The van der Waals surface area contributed by atoms with Crippen LogP contribution in [0, 0.1) is 12.7 Å². The first kappa shape index (κ1) is 22.9. The maximum atomic E-state index is 13.3. The molecule has 1 fully saturated rings. The number of halogens is 1. The van der Waals surface area contributed by atoms with E-state index in [0.717, 1.165) is 41.1 Å². The van der Waals surface area contributed by atoms with Crippen molar-refractivity contribution >= 4 is 5.91 Å². The maximum Gasteiger partial charge on any atom is 0.253 e. The fourth-order valence-electron chi connectivity index (χ4n) is 4.21. The molecule has 0 saturated carbocycles. The number of benzene rings is 2. The zero-order chi connectivity index (χ0) is 23.2. The molecule has 3 aromatic rings. The SMILES string of the molecule is COCCOc1ccc(C(=O)N2CCC(c3cc(-c4ccc(F)cc4)cc(C)n3)CC2)cc1. The predicted octanol–water partition coefficient (Wildman–Crippen LogP) is 5.24. The summed E-state index contributed by atoms with van der Waals surface area (Å²) in [4.78, 5) is 19.6. The lowest BCUT2D eigenvalue weighted by molar-refractivity contribution is 0.0712. The molecule has 5 nitrogen and oxygen atoms in total. The van der Waals surface area contributed by atoms with Crippen LogP contribution in [-0.2, 0) is 4.74 Å². The Balaban J connectivity index is 1.38. The fraction of sp³-hybridized carbons (Fsp3) is 0.333. The largest absolute Gasteiger partial charge is 0.491 e. The summed E-state index contributed by atoms with van der Waals surface area (Å²) >= 11 is 0. The van der Waals surface area contributed by atoms with Gasteiger partial charge in [-0.1, -0.05) is 12.1 Å². The van der Waals surface area contributed by atoms with Gasteiger partial charge in [0.2, 0.25) is 0 Å². The first-order chi connectivity index (χ1) is 16.0. The van der Waals surface area contributed by atoms with Crippen molar-refractivity contribution in [3.05, 3.63) is 83.4 Å². The first-order valence-electron chi connectivity index (χ1n) is 11.3. The molecule has 6 heteroatoms. The zero-order valence-electron chi connectivity index (χ0n) is 19.1. The Hall–Kier alpha value is -3.25. The van der Waals surface area contributed by atoms with Crippen LogP contribution in [0.15, 0.2) is 60.7 Å². The van der Waals surface area contributed by atoms with Crippen molar-refractivity contribution < 1.29 is 18.7 Å². The molecular weight excluding hydrogens is 419 g/mol. The molecule has 0 atom stereocenters. The minimum Gasteiger partial charge on any atom is -0.491 e. The van der Waals surface area contributed by atoms with Crippen molar-refractivity contribution in [1.82, 2.24) is 9.88 Å². The normalized spacial score (nSPS) is 14.3. The molecule has 1 amide bonds. The molecular formula is C27H29FN2O3. The number of aromatic nitrogens is 1. The molecule has 1 saturated heterocycles. The van der Waals surface area contributed by atoms with Crippen molar-refractivity contribution in [2.45, 2.75) is 25.7 Å². The van der Waals surface area contributed by atoms with E-state index in [1.54, 1.807) is 19.2 Å². The molecule has 0 N–H and O–H groups in total. The number of nitrogens with zero attached hydrogens (tertiary/aromatic N) is 2. The van der Waals surface area contributed by atoms with Crippen molar-refractivity contribution in [3.63, 3.8) is 0 Å². The van der Waals surface area contributed by atoms with Gasteiger partial charge in [0.05, 0.1) is 6.61 Å². The van der Waals surface area contributed by atoms with Crippen molar-refractivity contribution in [3.8, 4) is 16.9 Å². The van der Waals surface area contributed by atoms with Gasteiger partial charge in [0.15, 0.2) is 0 Å². The monoisotopic (exact) mass is 448 g/mol. The minimum atomic E-state index is -0.241. The van der Waals surface area contributed by atoms with E-state index in [1.165, 1.54) is 12.1 Å². The highest BCUT2D eigenvalue weighted by molar-refractivity contribution is 5.94. The van der Waals surface area contributed by atoms with Crippen molar-refractivity contribution in [2.24, 2.45) is 0 Å². The second-order valence-electron chi connectivity index (χ2n) is 8.36. The zero-order valence-corrected chi connectivity index (χ0v) is 19.1. The number of piperidine rings is 1. The van der Waals surface area contributed by atoms with Crippen LogP contribution in [-0.4, -0.2) is 49.2 Å². The lowest BCUT2D eigenvalue weighted by atomic mass is 9.91. The van der Waals surface area contributed by atoms with Crippen LogP contribution in [0.2, 0.25) is 0 Å². The summed E-state index contributed by atoms with van der Waals surface area (Å²) < 4.78 is 23.9. The van der Waals surface area contributed by atoms with Crippen LogP contribution < -0.4 is 4.74 Å². The summed E-state index contributed by atoms with van der Waals surface area (Å²) in [5.41, 5.74) is 4.67. The van der Waals surface area contributed by atoms with Gasteiger partial charge in [0.1, 0.15) is 18.2 Å². The van der Waals surface area contributed by atoms with E-state index < -0.39 is 0 Å². The molecule has 1 aliphatic rings. The number of methoxy groups -OCH3 is 1. The van der Waals surface area contributed by atoms with Crippen LogP contribution in [0.1, 0.15) is 40.5 Å². The summed E-state index contributed by atoms with van der Waals surface area (Å²) in [6.45, 7) is 4.37. The van der Waals surface area contributed by atoms with Gasteiger partial charge in [0.25, 0.3) is 5.91 Å². The second kappa shape index (κ2) is 10.6. The highest BCUT2D eigenvalue weighted by atomic mass is 19.1. The molecule has 2 aromatic carbocycles. The molecule has 0 radical (unpaired) electrons. The Kier molecular flexibility index (Phi) is 7.35. The van der Waals surface area contributed by atoms with E-state index in [9.17, 15) is 9.18 Å². The summed E-state index contributed by atoms with van der Waals surface area (Å²) in [6, 6.07) is 17.9. The number of hydrogen-bond acceptors (Lipinski definition) is 4. The lowest BCUT2D eigenvalue weighted by Gasteiger charge is -2.32. The Morgan fingerprint density at radius 3 is 2.36 bits per heavy atom. The van der Waals surface area contributed by atoms with E-state index in [1.807, 2.05) is 42.2 Å². The van der Waals surface area contributed by atoms with Gasteiger partial charge in [-0.25, -0.2) is 4.39 Å². The number of ether oxygens (including phenoxy) is 2. The third kappa shape index (κ3) is 5.76. The van der Waals surface area contributed by atoms with Gasteiger partial charge in [-0.15, -0.1) is 0 Å². The smallest absolute Gasteiger partial charge is 0.253 e. The molecule has 1 aliphatic heterocycles. The quantitative estimate of drug-likeness (QED) is 0.464. The number of carbonyl (C=O) groups excluding carboxylic acids is 1. The highest BCUT2D eigenvalue weighted by Crippen LogP contribution is 2.31. The first-order valence-corrected chi connectivity index (χ1v) is 11.3. The minimum absolute atomic E-state index is 0.0427. The number of carbonyl (C=O) groups is 1. The van der Waals surface area contributed by atoms with Gasteiger partial charge >= 0.3 is 0 Å². The number of pyridine rings is 1. The van der Waals surface area contributed by atoms with Crippen molar-refractivity contribution in [2.75, 3.05) is 33.4 Å². The molecule has 172 valence electrons. The average Bonchev–Trinajstić information content (AvgIpc) is 2.84. The van der Waals surface area contributed by atoms with Crippen LogP contribution in [0.25, 0.3) is 11.1 Å². The summed E-state index contributed by atoms with van der Waals surface area (Å²) in [6.07, 6.45) is 1.73. The summed E-state index contributed by atoms with van der Waals surface area (Å²) in [5, 5.41) is 0. The Bertz CT molecular complexity index is 1080. The average molecular weight is 449 g/mol. The van der Waals surface area contributed by atoms with E-state index in [-0.39, 0.29) is 11.7 Å². The topological polar surface area (TPSA) is 51.7 Å². The van der Waals surface area contributed by atoms with Gasteiger partial charge in [-0.05, 0) is 79.4 Å². The molecule has 33 heavy (non-hydrogen) atoms. The Morgan fingerprint density at radius 1 is 1.00 bits per heavy atom. The molecule has 2 heterocycles. The van der Waals surface area contributed by atoms with Crippen LogP contribution in [0.4, 0.5) is 4.39 Å². The molecule has 4 rings (SSSR count). The predicted molar refractivity (Wildman–Crippen MR) is 126 cm³/mol. The summed E-state index contributed by atoms with van der Waals surface area (Å²) in [7, 11) is 1.63. The van der Waals surface area contributed by atoms with Gasteiger partial charge in [-0.2, -0.15) is 0 Å². The van der Waals surface area contributed by atoms with Crippen molar-refractivity contribution in [1.29, 1.82) is 0 Å². The van der Waals surface area contributed by atoms with Gasteiger partial charge < -0.3 is 14.4 Å². The summed E-state index contributed by atoms with van der Waals surface area (Å²) in [5.74, 6) is 0.825. The van der Waals surface area contributed by atoms with E-state index in [2.05, 4.69) is 6.07 Å². The number of rotatable bonds is 7. The maximum absolute atomic E-state index is 13.3. The van der Waals surface area contributed by atoms with E-state index in [0.29, 0.717) is 37.8 Å². The van der Waals surface area contributed by atoms with Crippen LogP contribution >= 0.6 is 0 Å².